The van der Waals surface area contributed by atoms with Gasteiger partial charge in [0.05, 0.1) is 31.7 Å². The molecule has 2 aliphatic heterocycles. The first-order chi connectivity index (χ1) is 7.90. The molecule has 4 heteroatoms. The normalized spacial score (nSPS) is 36.8. The minimum absolute atomic E-state index is 0.310. The minimum atomic E-state index is 0.310. The van der Waals surface area contributed by atoms with E-state index in [4.69, 9.17) is 18.9 Å². The van der Waals surface area contributed by atoms with E-state index in [0.717, 1.165) is 44.8 Å². The smallest absolute Gasteiger partial charge is 0.116 e. The molecule has 0 spiro atoms. The summed E-state index contributed by atoms with van der Waals surface area (Å²) in [5.74, 6) is 1.07. The van der Waals surface area contributed by atoms with Crippen LogP contribution >= 0.6 is 0 Å². The fourth-order valence-electron chi connectivity index (χ4n) is 1.87. The third kappa shape index (κ3) is 3.20. The van der Waals surface area contributed by atoms with E-state index in [-0.39, 0.29) is 0 Å². The van der Waals surface area contributed by atoms with Gasteiger partial charge in [0, 0.05) is 6.42 Å². The summed E-state index contributed by atoms with van der Waals surface area (Å²) in [4.78, 5) is 0. The van der Waals surface area contributed by atoms with E-state index >= 15 is 0 Å². The van der Waals surface area contributed by atoms with Gasteiger partial charge in [-0.2, -0.15) is 0 Å². The monoisotopic (exact) mass is 226 g/mol. The van der Waals surface area contributed by atoms with E-state index in [2.05, 4.69) is 6.08 Å². The van der Waals surface area contributed by atoms with Crippen molar-refractivity contribution in [3.63, 3.8) is 0 Å². The van der Waals surface area contributed by atoms with Crippen molar-refractivity contribution >= 4 is 0 Å². The van der Waals surface area contributed by atoms with Crippen molar-refractivity contribution in [1.29, 1.82) is 0 Å². The zero-order chi connectivity index (χ0) is 10.8. The summed E-state index contributed by atoms with van der Waals surface area (Å²) < 4.78 is 21.7. The van der Waals surface area contributed by atoms with Crippen LogP contribution in [-0.2, 0) is 18.9 Å². The Bertz CT molecular complexity index is 268. The maximum atomic E-state index is 5.78. The van der Waals surface area contributed by atoms with Gasteiger partial charge in [-0.3, -0.25) is 0 Å². The molecule has 3 atom stereocenters. The zero-order valence-corrected chi connectivity index (χ0v) is 9.39. The van der Waals surface area contributed by atoms with Crippen LogP contribution in [0.3, 0.4) is 0 Å². The fourth-order valence-corrected chi connectivity index (χ4v) is 1.87. The highest BCUT2D eigenvalue weighted by Gasteiger charge is 2.27. The Balaban J connectivity index is 1.38. The highest BCUT2D eigenvalue weighted by Crippen LogP contribution is 2.24. The molecule has 2 fully saturated rings. The number of rotatable bonds is 6. The minimum Gasteiger partial charge on any atom is -0.495 e. The SMILES string of the molecule is C1=C(OCC2CO2)CC(OCC2CO2)CC1. The van der Waals surface area contributed by atoms with Crippen LogP contribution in [0.5, 0.6) is 0 Å². The number of ether oxygens (including phenoxy) is 4. The first-order valence-corrected chi connectivity index (χ1v) is 6.07. The largest absolute Gasteiger partial charge is 0.495 e. The second-order valence-electron chi connectivity index (χ2n) is 4.63. The molecule has 3 aliphatic rings. The van der Waals surface area contributed by atoms with E-state index in [1.165, 1.54) is 0 Å². The first-order valence-electron chi connectivity index (χ1n) is 6.07. The molecule has 0 bridgehead atoms. The average Bonchev–Trinajstić information content (AvgIpc) is 3.17. The Morgan fingerprint density at radius 2 is 1.94 bits per heavy atom. The van der Waals surface area contributed by atoms with Gasteiger partial charge in [0.2, 0.25) is 0 Å². The number of allylic oxidation sites excluding steroid dienone is 1. The molecule has 0 radical (unpaired) electrons. The summed E-state index contributed by atoms with van der Waals surface area (Å²) in [6, 6.07) is 0. The lowest BCUT2D eigenvalue weighted by Gasteiger charge is -2.22. The van der Waals surface area contributed by atoms with Gasteiger partial charge in [0.15, 0.2) is 0 Å². The van der Waals surface area contributed by atoms with Gasteiger partial charge in [0.1, 0.15) is 18.8 Å². The van der Waals surface area contributed by atoms with Crippen molar-refractivity contribution in [1.82, 2.24) is 0 Å². The van der Waals surface area contributed by atoms with Gasteiger partial charge < -0.3 is 18.9 Å². The highest BCUT2D eigenvalue weighted by molar-refractivity contribution is 5.00. The van der Waals surface area contributed by atoms with E-state index in [9.17, 15) is 0 Å². The maximum absolute atomic E-state index is 5.78. The van der Waals surface area contributed by atoms with Gasteiger partial charge in [-0.15, -0.1) is 0 Å². The zero-order valence-electron chi connectivity index (χ0n) is 9.39. The lowest BCUT2D eigenvalue weighted by Crippen LogP contribution is -2.20. The van der Waals surface area contributed by atoms with E-state index in [1.54, 1.807) is 0 Å². The molecule has 0 aromatic heterocycles. The van der Waals surface area contributed by atoms with E-state index < -0.39 is 0 Å². The van der Waals surface area contributed by atoms with Crippen molar-refractivity contribution in [2.75, 3.05) is 26.4 Å². The summed E-state index contributed by atoms with van der Waals surface area (Å²) in [5.41, 5.74) is 0. The molecule has 0 saturated carbocycles. The van der Waals surface area contributed by atoms with Crippen LogP contribution in [0.15, 0.2) is 11.8 Å². The molecule has 0 aromatic rings. The number of epoxide rings is 2. The molecule has 3 unspecified atom stereocenters. The number of hydrogen-bond acceptors (Lipinski definition) is 4. The summed E-state index contributed by atoms with van der Waals surface area (Å²) in [5, 5.41) is 0. The van der Waals surface area contributed by atoms with Crippen molar-refractivity contribution in [3.8, 4) is 0 Å². The molecule has 1 aliphatic carbocycles. The Kier molecular flexibility index (Phi) is 3.13. The van der Waals surface area contributed by atoms with Crippen LogP contribution in [0.1, 0.15) is 19.3 Å². The third-order valence-corrected chi connectivity index (χ3v) is 3.07. The summed E-state index contributed by atoms with van der Waals surface area (Å²) in [6.07, 6.45) is 6.23. The van der Waals surface area contributed by atoms with Crippen LogP contribution < -0.4 is 0 Å². The molecule has 0 aromatic carbocycles. The lowest BCUT2D eigenvalue weighted by atomic mass is 10.0. The molecule has 2 heterocycles. The van der Waals surface area contributed by atoms with Crippen molar-refractivity contribution < 1.29 is 18.9 Å². The van der Waals surface area contributed by atoms with Crippen LogP contribution in [0, 0.1) is 0 Å². The van der Waals surface area contributed by atoms with Crippen molar-refractivity contribution in [2.45, 2.75) is 37.6 Å². The second kappa shape index (κ2) is 4.73. The molecule has 90 valence electrons. The maximum Gasteiger partial charge on any atom is 0.116 e. The lowest BCUT2D eigenvalue weighted by molar-refractivity contribution is 0.0210. The molecule has 2 saturated heterocycles. The Morgan fingerprint density at radius 3 is 2.69 bits per heavy atom. The predicted molar refractivity (Wildman–Crippen MR) is 57.1 cm³/mol. The second-order valence-corrected chi connectivity index (χ2v) is 4.63. The molecular formula is C12H18O4. The molecule has 0 amide bonds. The summed E-state index contributed by atoms with van der Waals surface area (Å²) in [6.45, 7) is 3.16. The Morgan fingerprint density at radius 1 is 1.19 bits per heavy atom. The summed E-state index contributed by atoms with van der Waals surface area (Å²) >= 11 is 0. The molecule has 16 heavy (non-hydrogen) atoms. The van der Waals surface area contributed by atoms with Gasteiger partial charge in [-0.05, 0) is 18.9 Å². The fraction of sp³-hybridized carbons (Fsp3) is 0.833. The average molecular weight is 226 g/mol. The third-order valence-electron chi connectivity index (χ3n) is 3.07. The number of hydrogen-bond donors (Lipinski definition) is 0. The standard InChI is InChI=1S/C12H18O4/c1-2-9(13-5-11-7-15-11)4-10(3-1)14-6-12-8-16-12/h2,10-12H,1,3-8H2. The molecule has 3 rings (SSSR count). The molecule has 4 nitrogen and oxygen atoms in total. The molecular weight excluding hydrogens is 208 g/mol. The summed E-state index contributed by atoms with van der Waals surface area (Å²) in [7, 11) is 0. The van der Waals surface area contributed by atoms with Gasteiger partial charge in [-0.1, -0.05) is 0 Å². The van der Waals surface area contributed by atoms with Crippen LogP contribution in [0.25, 0.3) is 0 Å². The van der Waals surface area contributed by atoms with Gasteiger partial charge >= 0.3 is 0 Å². The highest BCUT2D eigenvalue weighted by atomic mass is 16.6. The van der Waals surface area contributed by atoms with Crippen molar-refractivity contribution in [3.05, 3.63) is 11.8 Å². The van der Waals surface area contributed by atoms with Crippen LogP contribution in [-0.4, -0.2) is 44.7 Å². The van der Waals surface area contributed by atoms with Gasteiger partial charge in [0.25, 0.3) is 0 Å². The van der Waals surface area contributed by atoms with E-state index in [1.807, 2.05) is 0 Å². The van der Waals surface area contributed by atoms with Crippen LogP contribution in [0.4, 0.5) is 0 Å². The van der Waals surface area contributed by atoms with Crippen molar-refractivity contribution in [2.24, 2.45) is 0 Å². The predicted octanol–water partition coefficient (Wildman–Crippen LogP) is 1.25. The van der Waals surface area contributed by atoms with E-state index in [0.29, 0.717) is 24.9 Å². The van der Waals surface area contributed by atoms with Crippen LogP contribution in [0.2, 0.25) is 0 Å². The Labute approximate surface area is 95.5 Å². The first kappa shape index (κ1) is 10.6. The topological polar surface area (TPSA) is 43.5 Å². The quantitative estimate of drug-likeness (QED) is 0.639. The van der Waals surface area contributed by atoms with Gasteiger partial charge in [-0.25, -0.2) is 0 Å². The Hall–Kier alpha value is -0.580. The molecule has 0 N–H and O–H groups in total.